The average Bonchev–Trinajstić information content (AvgIpc) is 2.53. The third-order valence-corrected chi connectivity index (χ3v) is 3.60. The second kappa shape index (κ2) is 9.02. The number of hydrogen-bond acceptors (Lipinski definition) is 5. The lowest BCUT2D eigenvalue weighted by atomic mass is 10.0. The van der Waals surface area contributed by atoms with Gasteiger partial charge in [0.25, 0.3) is 0 Å². The number of carbonyl (C=O) groups is 3. The summed E-state index contributed by atoms with van der Waals surface area (Å²) in [5, 5.41) is 14.5. The van der Waals surface area contributed by atoms with E-state index in [1.54, 1.807) is 12.1 Å². The molecule has 3 atom stereocenters. The van der Waals surface area contributed by atoms with Crippen molar-refractivity contribution in [1.29, 1.82) is 0 Å². The lowest BCUT2D eigenvalue weighted by Gasteiger charge is -2.23. The Labute approximate surface area is 141 Å². The molecule has 0 bridgehead atoms. The Balaban J connectivity index is 2.90. The molecule has 0 radical (unpaired) electrons. The molecule has 0 heterocycles. The van der Waals surface area contributed by atoms with Crippen molar-refractivity contribution in [2.24, 2.45) is 11.7 Å². The molecule has 0 saturated heterocycles. The number of aldehydes is 1. The molecule has 2 amide bonds. The maximum atomic E-state index is 12.5. The van der Waals surface area contributed by atoms with Gasteiger partial charge in [0.15, 0.2) is 0 Å². The Hall–Kier alpha value is -2.41. The highest BCUT2D eigenvalue weighted by Crippen LogP contribution is 2.12. The normalized spacial score (nSPS) is 14.5. The molecule has 1 aromatic carbocycles. The van der Waals surface area contributed by atoms with Crippen molar-refractivity contribution in [2.75, 3.05) is 0 Å². The zero-order valence-corrected chi connectivity index (χ0v) is 14.2. The molecule has 0 aliphatic carbocycles. The number of benzene rings is 1. The van der Waals surface area contributed by atoms with Gasteiger partial charge in [-0.15, -0.1) is 0 Å². The van der Waals surface area contributed by atoms with Crippen LogP contribution in [0.5, 0.6) is 5.75 Å². The van der Waals surface area contributed by atoms with E-state index in [0.29, 0.717) is 6.29 Å². The van der Waals surface area contributed by atoms with Gasteiger partial charge in [0.05, 0.1) is 12.1 Å². The van der Waals surface area contributed by atoms with Crippen LogP contribution in [-0.4, -0.2) is 41.3 Å². The summed E-state index contributed by atoms with van der Waals surface area (Å²) >= 11 is 0. The highest BCUT2D eigenvalue weighted by Gasteiger charge is 2.25. The highest BCUT2D eigenvalue weighted by atomic mass is 16.3. The van der Waals surface area contributed by atoms with Gasteiger partial charge >= 0.3 is 0 Å². The minimum Gasteiger partial charge on any atom is -0.508 e. The molecule has 24 heavy (non-hydrogen) atoms. The Morgan fingerprint density at radius 2 is 1.71 bits per heavy atom. The van der Waals surface area contributed by atoms with E-state index in [1.165, 1.54) is 19.1 Å². The van der Waals surface area contributed by atoms with Crippen LogP contribution in [0.1, 0.15) is 26.3 Å². The Morgan fingerprint density at radius 3 is 2.17 bits per heavy atom. The molecule has 0 aliphatic rings. The first-order valence-electron chi connectivity index (χ1n) is 7.84. The van der Waals surface area contributed by atoms with Crippen LogP contribution in [0.3, 0.4) is 0 Å². The first-order valence-corrected chi connectivity index (χ1v) is 7.84. The molecule has 7 nitrogen and oxygen atoms in total. The number of amides is 2. The fourth-order valence-corrected chi connectivity index (χ4v) is 2.00. The molecule has 5 N–H and O–H groups in total. The molecular weight excluding hydrogens is 310 g/mol. The van der Waals surface area contributed by atoms with Gasteiger partial charge < -0.3 is 26.3 Å². The third kappa shape index (κ3) is 6.00. The molecule has 0 aliphatic heterocycles. The van der Waals surface area contributed by atoms with E-state index in [-0.39, 0.29) is 18.1 Å². The largest absolute Gasteiger partial charge is 0.508 e. The number of hydrogen-bond donors (Lipinski definition) is 4. The van der Waals surface area contributed by atoms with E-state index in [0.717, 1.165) is 5.56 Å². The minimum absolute atomic E-state index is 0.0649. The summed E-state index contributed by atoms with van der Waals surface area (Å²) in [7, 11) is 0. The summed E-state index contributed by atoms with van der Waals surface area (Å²) in [6.07, 6.45) is 0.891. The standard InChI is InChI=1S/C17H25N3O4/c1-10(2)15(9-21)20-17(24)14(19-16(23)11(3)18)8-12-4-6-13(22)7-5-12/h4-7,9-11,14-15,22H,8,18H2,1-3H3,(H,19,23)(H,20,24)/t11-,14-,15+/m0/s1. The Morgan fingerprint density at radius 1 is 1.12 bits per heavy atom. The number of carbonyl (C=O) groups excluding carboxylic acids is 3. The Bertz CT molecular complexity index is 570. The van der Waals surface area contributed by atoms with E-state index >= 15 is 0 Å². The van der Waals surface area contributed by atoms with Crippen LogP contribution in [-0.2, 0) is 20.8 Å². The van der Waals surface area contributed by atoms with Gasteiger partial charge in [0.1, 0.15) is 18.1 Å². The number of rotatable bonds is 8. The van der Waals surface area contributed by atoms with Crippen molar-refractivity contribution in [1.82, 2.24) is 10.6 Å². The molecule has 0 spiro atoms. The second-order valence-corrected chi connectivity index (χ2v) is 6.13. The van der Waals surface area contributed by atoms with Gasteiger partial charge in [-0.3, -0.25) is 9.59 Å². The quantitative estimate of drug-likeness (QED) is 0.502. The van der Waals surface area contributed by atoms with Crippen LogP contribution >= 0.6 is 0 Å². The van der Waals surface area contributed by atoms with Gasteiger partial charge in [-0.1, -0.05) is 26.0 Å². The molecule has 1 aromatic rings. The topological polar surface area (TPSA) is 122 Å². The van der Waals surface area contributed by atoms with Crippen molar-refractivity contribution in [3.63, 3.8) is 0 Å². The van der Waals surface area contributed by atoms with Gasteiger partial charge in [-0.05, 0) is 30.5 Å². The van der Waals surface area contributed by atoms with E-state index in [1.807, 2.05) is 13.8 Å². The van der Waals surface area contributed by atoms with E-state index in [2.05, 4.69) is 10.6 Å². The van der Waals surface area contributed by atoms with Gasteiger partial charge in [-0.2, -0.15) is 0 Å². The van der Waals surface area contributed by atoms with Gasteiger partial charge in [0, 0.05) is 6.42 Å². The SMILES string of the molecule is CC(C)[C@@H](C=O)NC(=O)[C@H](Cc1ccc(O)cc1)NC(=O)[C@H](C)N. The molecule has 1 rings (SSSR count). The number of phenols is 1. The van der Waals surface area contributed by atoms with Crippen molar-refractivity contribution in [3.8, 4) is 5.75 Å². The molecule has 0 fully saturated rings. The monoisotopic (exact) mass is 335 g/mol. The zero-order valence-electron chi connectivity index (χ0n) is 14.2. The first kappa shape index (κ1) is 19.6. The van der Waals surface area contributed by atoms with E-state index in [9.17, 15) is 19.5 Å². The fourth-order valence-electron chi connectivity index (χ4n) is 2.00. The molecular formula is C17H25N3O4. The van der Waals surface area contributed by atoms with Crippen LogP contribution in [0.15, 0.2) is 24.3 Å². The van der Waals surface area contributed by atoms with Crippen LogP contribution in [0.4, 0.5) is 0 Å². The molecule has 132 valence electrons. The zero-order chi connectivity index (χ0) is 18.3. The molecule has 0 saturated carbocycles. The van der Waals surface area contributed by atoms with Crippen molar-refractivity contribution in [2.45, 2.75) is 45.3 Å². The number of nitrogens with two attached hydrogens (primary N) is 1. The average molecular weight is 335 g/mol. The Kier molecular flexibility index (Phi) is 7.38. The highest BCUT2D eigenvalue weighted by molar-refractivity contribution is 5.90. The summed E-state index contributed by atoms with van der Waals surface area (Å²) in [5.74, 6) is -0.867. The maximum absolute atomic E-state index is 12.5. The maximum Gasteiger partial charge on any atom is 0.243 e. The fraction of sp³-hybridized carbons (Fsp3) is 0.471. The summed E-state index contributed by atoms with van der Waals surface area (Å²) in [6.45, 7) is 5.15. The van der Waals surface area contributed by atoms with Crippen molar-refractivity contribution in [3.05, 3.63) is 29.8 Å². The van der Waals surface area contributed by atoms with Crippen LogP contribution in [0, 0.1) is 5.92 Å². The van der Waals surface area contributed by atoms with Gasteiger partial charge in [0.2, 0.25) is 11.8 Å². The lowest BCUT2D eigenvalue weighted by molar-refractivity contribution is -0.130. The molecule has 0 unspecified atom stereocenters. The lowest BCUT2D eigenvalue weighted by Crippen LogP contribution is -2.54. The summed E-state index contributed by atoms with van der Waals surface area (Å²) in [5.41, 5.74) is 6.30. The summed E-state index contributed by atoms with van der Waals surface area (Å²) in [6, 6.07) is 4.06. The van der Waals surface area contributed by atoms with Crippen LogP contribution in [0.2, 0.25) is 0 Å². The van der Waals surface area contributed by atoms with Gasteiger partial charge in [-0.25, -0.2) is 0 Å². The minimum atomic E-state index is -0.866. The van der Waals surface area contributed by atoms with Crippen LogP contribution in [0.25, 0.3) is 0 Å². The second-order valence-electron chi connectivity index (χ2n) is 6.13. The van der Waals surface area contributed by atoms with E-state index < -0.39 is 29.9 Å². The predicted molar refractivity (Wildman–Crippen MR) is 90.2 cm³/mol. The van der Waals surface area contributed by atoms with E-state index in [4.69, 9.17) is 5.73 Å². The van der Waals surface area contributed by atoms with Crippen LogP contribution < -0.4 is 16.4 Å². The molecule has 0 aromatic heterocycles. The number of aromatic hydroxyl groups is 1. The first-order chi connectivity index (χ1) is 11.2. The van der Waals surface area contributed by atoms with Crippen molar-refractivity contribution < 1.29 is 19.5 Å². The summed E-state index contributed by atoms with van der Waals surface area (Å²) in [4.78, 5) is 35.4. The van der Waals surface area contributed by atoms with Crippen molar-refractivity contribution >= 4 is 18.1 Å². The summed E-state index contributed by atoms with van der Waals surface area (Å²) < 4.78 is 0. The number of phenolic OH excluding ortho intramolecular Hbond substituents is 1. The predicted octanol–water partition coefficient (Wildman–Crippen LogP) is 0.106. The number of nitrogens with one attached hydrogen (secondary N) is 2. The smallest absolute Gasteiger partial charge is 0.243 e. The third-order valence-electron chi connectivity index (χ3n) is 3.60. The molecule has 7 heteroatoms.